The SMILES string of the molecule is COCC(C)NCCN1CCCCCC1. The predicted octanol–water partition coefficient (Wildman–Crippen LogP) is 1.49. The summed E-state index contributed by atoms with van der Waals surface area (Å²) in [4.78, 5) is 2.58. The fourth-order valence-electron chi connectivity index (χ4n) is 2.14. The number of hydrogen-bond acceptors (Lipinski definition) is 3. The van der Waals surface area contributed by atoms with Crippen LogP contribution in [0.1, 0.15) is 32.6 Å². The van der Waals surface area contributed by atoms with Crippen molar-refractivity contribution in [2.75, 3.05) is 39.9 Å². The lowest BCUT2D eigenvalue weighted by Crippen LogP contribution is -2.38. The van der Waals surface area contributed by atoms with Crippen LogP contribution in [0.15, 0.2) is 0 Å². The van der Waals surface area contributed by atoms with Crippen LogP contribution in [0, 0.1) is 0 Å². The van der Waals surface area contributed by atoms with Crippen molar-refractivity contribution in [3.05, 3.63) is 0 Å². The van der Waals surface area contributed by atoms with Gasteiger partial charge in [-0.2, -0.15) is 0 Å². The molecule has 1 unspecified atom stereocenters. The van der Waals surface area contributed by atoms with Gasteiger partial charge in [-0.3, -0.25) is 0 Å². The lowest BCUT2D eigenvalue weighted by atomic mass is 10.2. The van der Waals surface area contributed by atoms with E-state index in [-0.39, 0.29) is 0 Å². The summed E-state index contributed by atoms with van der Waals surface area (Å²) in [6, 6.07) is 0.474. The van der Waals surface area contributed by atoms with E-state index in [1.54, 1.807) is 7.11 Å². The van der Waals surface area contributed by atoms with Gasteiger partial charge in [0.15, 0.2) is 0 Å². The lowest BCUT2D eigenvalue weighted by molar-refractivity contribution is 0.169. The Bertz CT molecular complexity index is 145. The van der Waals surface area contributed by atoms with E-state index in [1.165, 1.54) is 45.3 Å². The Hall–Kier alpha value is -0.120. The maximum atomic E-state index is 5.09. The molecule has 90 valence electrons. The van der Waals surface area contributed by atoms with Crippen LogP contribution in [-0.2, 0) is 4.74 Å². The molecule has 0 radical (unpaired) electrons. The number of ether oxygens (including phenoxy) is 1. The fraction of sp³-hybridized carbons (Fsp3) is 1.00. The van der Waals surface area contributed by atoms with Gasteiger partial charge < -0.3 is 15.0 Å². The summed E-state index contributed by atoms with van der Waals surface area (Å²) < 4.78 is 5.09. The van der Waals surface area contributed by atoms with Crippen LogP contribution in [0.4, 0.5) is 0 Å². The highest BCUT2D eigenvalue weighted by Gasteiger charge is 2.08. The van der Waals surface area contributed by atoms with E-state index in [1.807, 2.05) is 0 Å². The summed E-state index contributed by atoms with van der Waals surface area (Å²) >= 11 is 0. The highest BCUT2D eigenvalue weighted by atomic mass is 16.5. The first-order valence-corrected chi connectivity index (χ1v) is 6.27. The quantitative estimate of drug-likeness (QED) is 0.725. The first-order valence-electron chi connectivity index (χ1n) is 6.27. The van der Waals surface area contributed by atoms with Crippen molar-refractivity contribution in [2.45, 2.75) is 38.6 Å². The van der Waals surface area contributed by atoms with Gasteiger partial charge in [0.2, 0.25) is 0 Å². The first-order chi connectivity index (χ1) is 7.33. The van der Waals surface area contributed by atoms with E-state index in [0.29, 0.717) is 6.04 Å². The number of nitrogens with zero attached hydrogens (tertiary/aromatic N) is 1. The van der Waals surface area contributed by atoms with Gasteiger partial charge >= 0.3 is 0 Å². The summed E-state index contributed by atoms with van der Waals surface area (Å²) in [7, 11) is 1.76. The van der Waals surface area contributed by atoms with Crippen LogP contribution < -0.4 is 5.32 Å². The maximum Gasteiger partial charge on any atom is 0.0613 e. The van der Waals surface area contributed by atoms with Crippen molar-refractivity contribution < 1.29 is 4.74 Å². The second-order valence-corrected chi connectivity index (χ2v) is 4.57. The largest absolute Gasteiger partial charge is 0.383 e. The monoisotopic (exact) mass is 214 g/mol. The standard InChI is InChI=1S/C12H26N2O/c1-12(11-15-2)13-7-10-14-8-5-3-4-6-9-14/h12-13H,3-11H2,1-2H3. The second-order valence-electron chi connectivity index (χ2n) is 4.57. The molecule has 0 amide bonds. The molecule has 15 heavy (non-hydrogen) atoms. The average molecular weight is 214 g/mol. The molecule has 0 bridgehead atoms. The third-order valence-electron chi connectivity index (χ3n) is 3.04. The van der Waals surface area contributed by atoms with Gasteiger partial charge in [-0.1, -0.05) is 12.8 Å². The Morgan fingerprint density at radius 1 is 1.20 bits per heavy atom. The molecule has 1 aliphatic rings. The van der Waals surface area contributed by atoms with Crippen LogP contribution >= 0.6 is 0 Å². The molecule has 3 nitrogen and oxygen atoms in total. The molecule has 0 aromatic heterocycles. The minimum absolute atomic E-state index is 0.474. The molecule has 1 fully saturated rings. The van der Waals surface area contributed by atoms with E-state index in [9.17, 15) is 0 Å². The van der Waals surface area contributed by atoms with Gasteiger partial charge in [0.1, 0.15) is 0 Å². The number of hydrogen-bond donors (Lipinski definition) is 1. The van der Waals surface area contributed by atoms with Crippen LogP contribution in [-0.4, -0.2) is 50.8 Å². The highest BCUT2D eigenvalue weighted by molar-refractivity contribution is 4.66. The second kappa shape index (κ2) is 8.08. The van der Waals surface area contributed by atoms with Gasteiger partial charge in [0.25, 0.3) is 0 Å². The van der Waals surface area contributed by atoms with Crippen LogP contribution in [0.5, 0.6) is 0 Å². The number of rotatable bonds is 6. The van der Waals surface area contributed by atoms with E-state index in [4.69, 9.17) is 4.74 Å². The summed E-state index contributed by atoms with van der Waals surface area (Å²) in [5.41, 5.74) is 0. The van der Waals surface area contributed by atoms with Gasteiger partial charge in [0, 0.05) is 26.2 Å². The fourth-order valence-corrected chi connectivity index (χ4v) is 2.14. The molecule has 1 aliphatic heterocycles. The number of nitrogens with one attached hydrogen (secondary N) is 1. The van der Waals surface area contributed by atoms with E-state index in [0.717, 1.165) is 13.2 Å². The minimum atomic E-state index is 0.474. The highest BCUT2D eigenvalue weighted by Crippen LogP contribution is 2.08. The Morgan fingerprint density at radius 2 is 1.87 bits per heavy atom. The molecular weight excluding hydrogens is 188 g/mol. The van der Waals surface area contributed by atoms with Gasteiger partial charge in [-0.25, -0.2) is 0 Å². The zero-order valence-electron chi connectivity index (χ0n) is 10.3. The topological polar surface area (TPSA) is 24.5 Å². The maximum absolute atomic E-state index is 5.09. The summed E-state index contributed by atoms with van der Waals surface area (Å²) in [6.07, 6.45) is 5.61. The molecule has 1 atom stereocenters. The smallest absolute Gasteiger partial charge is 0.0613 e. The molecule has 0 aliphatic carbocycles. The number of likely N-dealkylation sites (tertiary alicyclic amines) is 1. The summed E-state index contributed by atoms with van der Waals surface area (Å²) in [5.74, 6) is 0. The van der Waals surface area contributed by atoms with Crippen molar-refractivity contribution >= 4 is 0 Å². The lowest BCUT2D eigenvalue weighted by Gasteiger charge is -2.21. The van der Waals surface area contributed by atoms with Gasteiger partial charge in [-0.05, 0) is 32.9 Å². The van der Waals surface area contributed by atoms with Crippen molar-refractivity contribution in [2.24, 2.45) is 0 Å². The average Bonchev–Trinajstić information content (AvgIpc) is 2.47. The normalized spacial score (nSPS) is 21.2. The van der Waals surface area contributed by atoms with Crippen molar-refractivity contribution in [1.29, 1.82) is 0 Å². The molecule has 0 spiro atoms. The van der Waals surface area contributed by atoms with Crippen molar-refractivity contribution in [3.8, 4) is 0 Å². The van der Waals surface area contributed by atoms with Gasteiger partial charge in [0.05, 0.1) is 6.61 Å². The first kappa shape index (κ1) is 12.9. The molecule has 3 heteroatoms. The molecule has 1 heterocycles. The molecule has 0 aromatic rings. The third kappa shape index (κ3) is 6.13. The molecule has 0 aromatic carbocycles. The van der Waals surface area contributed by atoms with Crippen molar-refractivity contribution in [1.82, 2.24) is 10.2 Å². The van der Waals surface area contributed by atoms with Crippen LogP contribution in [0.3, 0.4) is 0 Å². The van der Waals surface area contributed by atoms with E-state index >= 15 is 0 Å². The molecule has 1 N–H and O–H groups in total. The molecule has 0 saturated carbocycles. The van der Waals surface area contributed by atoms with Crippen molar-refractivity contribution in [3.63, 3.8) is 0 Å². The van der Waals surface area contributed by atoms with Crippen LogP contribution in [0.25, 0.3) is 0 Å². The Labute approximate surface area is 94.2 Å². The number of methoxy groups -OCH3 is 1. The summed E-state index contributed by atoms with van der Waals surface area (Å²) in [6.45, 7) is 7.84. The third-order valence-corrected chi connectivity index (χ3v) is 3.04. The summed E-state index contributed by atoms with van der Waals surface area (Å²) in [5, 5.41) is 3.48. The van der Waals surface area contributed by atoms with E-state index < -0.39 is 0 Å². The Balaban J connectivity index is 2.02. The Kier molecular flexibility index (Phi) is 6.98. The zero-order chi connectivity index (χ0) is 10.9. The van der Waals surface area contributed by atoms with Gasteiger partial charge in [-0.15, -0.1) is 0 Å². The molecule has 1 rings (SSSR count). The predicted molar refractivity (Wildman–Crippen MR) is 64.2 cm³/mol. The minimum Gasteiger partial charge on any atom is -0.383 e. The molecular formula is C12H26N2O. The molecule has 1 saturated heterocycles. The Morgan fingerprint density at radius 3 is 2.47 bits per heavy atom. The van der Waals surface area contributed by atoms with Crippen LogP contribution in [0.2, 0.25) is 0 Å². The zero-order valence-corrected chi connectivity index (χ0v) is 10.3. The van der Waals surface area contributed by atoms with E-state index in [2.05, 4.69) is 17.1 Å².